The molecule has 0 aliphatic carbocycles. The molecule has 1 N–H and O–H groups in total. The molecule has 1 heterocycles. The minimum atomic E-state index is -0.989. The quantitative estimate of drug-likeness (QED) is 0.803. The van der Waals surface area contributed by atoms with Crippen molar-refractivity contribution < 1.29 is 14.7 Å². The lowest BCUT2D eigenvalue weighted by Crippen LogP contribution is -2.52. The van der Waals surface area contributed by atoms with Gasteiger partial charge in [-0.15, -0.1) is 0 Å². The van der Waals surface area contributed by atoms with Crippen LogP contribution >= 0.6 is 0 Å². The number of hydrogen-bond donors (Lipinski definition) is 1. The first-order valence-corrected chi connectivity index (χ1v) is 6.48. The van der Waals surface area contributed by atoms with Crippen molar-refractivity contribution in [2.75, 3.05) is 6.54 Å². The molecule has 98 valence electrons. The number of carboxylic acid groups (broad SMARTS) is 1. The molecule has 4 nitrogen and oxygen atoms in total. The highest BCUT2D eigenvalue weighted by Gasteiger charge is 2.46. The minimum Gasteiger partial charge on any atom is -0.480 e. The number of nitrogens with zero attached hydrogens (tertiary/aromatic N) is 1. The first kappa shape index (κ1) is 14.0. The lowest BCUT2D eigenvalue weighted by molar-refractivity contribution is -0.156. The van der Waals surface area contributed by atoms with Gasteiger partial charge in [-0.05, 0) is 26.2 Å². The van der Waals surface area contributed by atoms with Crippen molar-refractivity contribution in [3.8, 4) is 0 Å². The molecule has 0 saturated carbocycles. The SMILES string of the molecule is CCCCC(C)C(=O)N1CCCC1(C)C(=O)O. The summed E-state index contributed by atoms with van der Waals surface area (Å²) in [6.45, 7) is 6.23. The van der Waals surface area contributed by atoms with Gasteiger partial charge < -0.3 is 10.0 Å². The van der Waals surface area contributed by atoms with E-state index in [4.69, 9.17) is 0 Å². The number of hydrogen-bond acceptors (Lipinski definition) is 2. The van der Waals surface area contributed by atoms with Crippen molar-refractivity contribution in [2.45, 2.75) is 58.4 Å². The second-order valence-corrected chi connectivity index (χ2v) is 5.22. The Morgan fingerprint density at radius 2 is 2.12 bits per heavy atom. The fourth-order valence-corrected chi connectivity index (χ4v) is 2.44. The Morgan fingerprint density at radius 3 is 2.65 bits per heavy atom. The minimum absolute atomic E-state index is 0.000787. The summed E-state index contributed by atoms with van der Waals surface area (Å²) < 4.78 is 0. The zero-order chi connectivity index (χ0) is 13.1. The molecule has 0 spiro atoms. The summed E-state index contributed by atoms with van der Waals surface area (Å²) in [6, 6.07) is 0. The van der Waals surface area contributed by atoms with Gasteiger partial charge in [-0.2, -0.15) is 0 Å². The number of carbonyl (C=O) groups excluding carboxylic acids is 1. The van der Waals surface area contributed by atoms with Crippen molar-refractivity contribution >= 4 is 11.9 Å². The summed E-state index contributed by atoms with van der Waals surface area (Å²) in [6.07, 6.45) is 4.28. The van der Waals surface area contributed by atoms with Gasteiger partial charge in [0.2, 0.25) is 5.91 Å². The summed E-state index contributed by atoms with van der Waals surface area (Å²) in [5.74, 6) is -0.946. The number of amides is 1. The molecular weight excluding hydrogens is 218 g/mol. The Morgan fingerprint density at radius 1 is 1.47 bits per heavy atom. The second kappa shape index (κ2) is 5.52. The third-order valence-electron chi connectivity index (χ3n) is 3.78. The Hall–Kier alpha value is -1.06. The van der Waals surface area contributed by atoms with Gasteiger partial charge in [0.1, 0.15) is 5.54 Å². The molecule has 0 aromatic carbocycles. The van der Waals surface area contributed by atoms with Crippen LogP contribution in [0.15, 0.2) is 0 Å². The fourth-order valence-electron chi connectivity index (χ4n) is 2.44. The molecule has 1 aliphatic rings. The second-order valence-electron chi connectivity index (χ2n) is 5.22. The molecule has 1 saturated heterocycles. The predicted octanol–water partition coefficient (Wildman–Crippen LogP) is 2.28. The van der Waals surface area contributed by atoms with Gasteiger partial charge in [0.25, 0.3) is 0 Å². The number of unbranched alkanes of at least 4 members (excludes halogenated alkanes) is 1. The van der Waals surface area contributed by atoms with Crippen LogP contribution in [0.4, 0.5) is 0 Å². The molecular formula is C13H23NO3. The van der Waals surface area contributed by atoms with E-state index in [1.165, 1.54) is 0 Å². The fraction of sp³-hybridized carbons (Fsp3) is 0.846. The maximum atomic E-state index is 12.2. The van der Waals surface area contributed by atoms with Crippen molar-refractivity contribution in [3.63, 3.8) is 0 Å². The number of aliphatic carboxylic acids is 1. The molecule has 2 atom stereocenters. The number of likely N-dealkylation sites (tertiary alicyclic amines) is 1. The molecule has 0 aromatic rings. The zero-order valence-electron chi connectivity index (χ0n) is 11.0. The van der Waals surface area contributed by atoms with E-state index in [9.17, 15) is 14.7 Å². The van der Waals surface area contributed by atoms with Crippen LogP contribution in [0.5, 0.6) is 0 Å². The van der Waals surface area contributed by atoms with Crippen molar-refractivity contribution in [1.82, 2.24) is 4.90 Å². The van der Waals surface area contributed by atoms with Gasteiger partial charge in [-0.25, -0.2) is 4.79 Å². The van der Waals surface area contributed by atoms with Crippen LogP contribution in [0, 0.1) is 5.92 Å². The van der Waals surface area contributed by atoms with E-state index >= 15 is 0 Å². The molecule has 4 heteroatoms. The van der Waals surface area contributed by atoms with Gasteiger partial charge in [-0.3, -0.25) is 4.79 Å². The molecule has 2 unspecified atom stereocenters. The Balaban J connectivity index is 2.71. The Labute approximate surface area is 103 Å². The Bertz CT molecular complexity index is 303. The molecule has 1 rings (SSSR count). The maximum absolute atomic E-state index is 12.2. The highest BCUT2D eigenvalue weighted by Crippen LogP contribution is 2.31. The van der Waals surface area contributed by atoms with Crippen LogP contribution in [0.3, 0.4) is 0 Å². The summed E-state index contributed by atoms with van der Waals surface area (Å²) in [4.78, 5) is 25.1. The van der Waals surface area contributed by atoms with Gasteiger partial charge in [0, 0.05) is 12.5 Å². The summed E-state index contributed by atoms with van der Waals surface area (Å²) >= 11 is 0. The van der Waals surface area contributed by atoms with E-state index in [0.29, 0.717) is 13.0 Å². The van der Waals surface area contributed by atoms with E-state index in [1.54, 1.807) is 11.8 Å². The predicted molar refractivity (Wildman–Crippen MR) is 65.7 cm³/mol. The van der Waals surface area contributed by atoms with E-state index < -0.39 is 11.5 Å². The van der Waals surface area contributed by atoms with Gasteiger partial charge in [0.05, 0.1) is 0 Å². The lowest BCUT2D eigenvalue weighted by Gasteiger charge is -2.33. The van der Waals surface area contributed by atoms with Crippen LogP contribution in [0.1, 0.15) is 52.9 Å². The molecule has 0 bridgehead atoms. The topological polar surface area (TPSA) is 57.6 Å². The molecule has 1 fully saturated rings. The smallest absolute Gasteiger partial charge is 0.329 e. The van der Waals surface area contributed by atoms with Crippen LogP contribution in [0.2, 0.25) is 0 Å². The third-order valence-corrected chi connectivity index (χ3v) is 3.78. The zero-order valence-corrected chi connectivity index (χ0v) is 11.0. The first-order chi connectivity index (χ1) is 7.93. The van der Waals surface area contributed by atoms with Crippen LogP contribution in [-0.4, -0.2) is 34.0 Å². The molecule has 1 aliphatic heterocycles. The highest BCUT2D eigenvalue weighted by atomic mass is 16.4. The average molecular weight is 241 g/mol. The standard InChI is InChI=1S/C13H23NO3/c1-4-5-7-10(2)11(15)14-9-6-8-13(14,3)12(16)17/h10H,4-9H2,1-3H3,(H,16,17). The van der Waals surface area contributed by atoms with Crippen LogP contribution in [-0.2, 0) is 9.59 Å². The summed E-state index contributed by atoms with van der Waals surface area (Å²) in [7, 11) is 0. The van der Waals surface area contributed by atoms with Gasteiger partial charge in [0.15, 0.2) is 0 Å². The largest absolute Gasteiger partial charge is 0.480 e. The number of rotatable bonds is 5. The Kier molecular flexibility index (Phi) is 4.54. The van der Waals surface area contributed by atoms with Crippen LogP contribution in [0.25, 0.3) is 0 Å². The van der Waals surface area contributed by atoms with Gasteiger partial charge in [-0.1, -0.05) is 26.7 Å². The third kappa shape index (κ3) is 2.79. The van der Waals surface area contributed by atoms with Crippen molar-refractivity contribution in [3.05, 3.63) is 0 Å². The van der Waals surface area contributed by atoms with E-state index in [-0.39, 0.29) is 11.8 Å². The van der Waals surface area contributed by atoms with Crippen LogP contribution < -0.4 is 0 Å². The lowest BCUT2D eigenvalue weighted by atomic mass is 9.96. The molecule has 0 aromatic heterocycles. The van der Waals surface area contributed by atoms with E-state index in [2.05, 4.69) is 6.92 Å². The molecule has 17 heavy (non-hydrogen) atoms. The molecule has 1 amide bonds. The maximum Gasteiger partial charge on any atom is 0.329 e. The van der Waals surface area contributed by atoms with E-state index in [1.807, 2.05) is 6.92 Å². The number of carboxylic acids is 1. The van der Waals surface area contributed by atoms with Gasteiger partial charge >= 0.3 is 5.97 Å². The number of carbonyl (C=O) groups is 2. The average Bonchev–Trinajstić information content (AvgIpc) is 2.68. The normalized spacial score (nSPS) is 25.9. The summed E-state index contributed by atoms with van der Waals surface area (Å²) in [5.41, 5.74) is -0.989. The van der Waals surface area contributed by atoms with Crippen molar-refractivity contribution in [2.24, 2.45) is 5.92 Å². The van der Waals surface area contributed by atoms with E-state index in [0.717, 1.165) is 25.7 Å². The first-order valence-electron chi connectivity index (χ1n) is 6.48. The molecule has 0 radical (unpaired) electrons. The van der Waals surface area contributed by atoms with Crippen molar-refractivity contribution in [1.29, 1.82) is 0 Å². The monoisotopic (exact) mass is 241 g/mol. The summed E-state index contributed by atoms with van der Waals surface area (Å²) in [5, 5.41) is 9.26. The highest BCUT2D eigenvalue weighted by molar-refractivity contribution is 5.88.